The smallest absolute Gasteiger partial charge is 0.109 e. The van der Waals surface area contributed by atoms with E-state index >= 15 is 0 Å². The number of nitrogens with zero attached hydrogens (tertiary/aromatic N) is 1. The van der Waals surface area contributed by atoms with Crippen LogP contribution < -0.4 is 0 Å². The number of aromatic nitrogens is 1. The maximum atomic E-state index is 10.4. The molecule has 1 N–H and O–H groups in total. The summed E-state index contributed by atoms with van der Waals surface area (Å²) in [5, 5.41) is 10.4. The van der Waals surface area contributed by atoms with Crippen LogP contribution in [0.2, 0.25) is 0 Å². The highest BCUT2D eigenvalue weighted by atomic mass is 16.3. The second-order valence-electron chi connectivity index (χ2n) is 4.09. The lowest BCUT2D eigenvalue weighted by Crippen LogP contribution is -2.29. The highest BCUT2D eigenvalue weighted by Crippen LogP contribution is 2.40. The molecule has 1 aromatic heterocycles. The molecule has 0 saturated heterocycles. The van der Waals surface area contributed by atoms with Gasteiger partial charge >= 0.3 is 0 Å². The summed E-state index contributed by atoms with van der Waals surface area (Å²) in [4.78, 5) is 4.28. The molecule has 0 bridgehead atoms. The number of hydrogen-bond donors (Lipinski definition) is 1. The Bertz CT molecular complexity index is 322. The summed E-state index contributed by atoms with van der Waals surface area (Å²) in [6.45, 7) is 4.09. The van der Waals surface area contributed by atoms with Gasteiger partial charge < -0.3 is 5.11 Å². The SMILES string of the molecule is CC(C)C1(O)CCc2cccnc21. The Morgan fingerprint density at radius 3 is 3.00 bits per heavy atom. The van der Waals surface area contributed by atoms with Gasteiger partial charge in [0, 0.05) is 6.20 Å². The van der Waals surface area contributed by atoms with Crippen molar-refractivity contribution in [2.24, 2.45) is 5.92 Å². The van der Waals surface area contributed by atoms with Crippen LogP contribution >= 0.6 is 0 Å². The van der Waals surface area contributed by atoms with Gasteiger partial charge in [0.1, 0.15) is 5.60 Å². The highest BCUT2D eigenvalue weighted by molar-refractivity contribution is 5.31. The Morgan fingerprint density at radius 1 is 1.54 bits per heavy atom. The van der Waals surface area contributed by atoms with Crippen molar-refractivity contribution in [2.75, 3.05) is 0 Å². The molecule has 0 aromatic carbocycles. The minimum atomic E-state index is -0.684. The highest BCUT2D eigenvalue weighted by Gasteiger charge is 2.40. The zero-order chi connectivity index (χ0) is 9.47. The lowest BCUT2D eigenvalue weighted by molar-refractivity contribution is -0.0118. The maximum Gasteiger partial charge on any atom is 0.109 e. The fourth-order valence-corrected chi connectivity index (χ4v) is 2.04. The van der Waals surface area contributed by atoms with Gasteiger partial charge in [-0.3, -0.25) is 4.98 Å². The van der Waals surface area contributed by atoms with Crippen molar-refractivity contribution < 1.29 is 5.11 Å². The van der Waals surface area contributed by atoms with E-state index in [0.717, 1.165) is 18.5 Å². The summed E-state index contributed by atoms with van der Waals surface area (Å²) < 4.78 is 0. The number of aryl methyl sites for hydroxylation is 1. The van der Waals surface area contributed by atoms with Crippen LogP contribution in [-0.2, 0) is 12.0 Å². The first-order valence-electron chi connectivity index (χ1n) is 4.81. The lowest BCUT2D eigenvalue weighted by atomic mass is 9.88. The van der Waals surface area contributed by atoms with Crippen molar-refractivity contribution >= 4 is 0 Å². The van der Waals surface area contributed by atoms with E-state index in [2.05, 4.69) is 11.1 Å². The standard InChI is InChI=1S/C11H15NO/c1-8(2)11(13)6-5-9-4-3-7-12-10(9)11/h3-4,7-8,13H,5-6H2,1-2H3. The molecule has 13 heavy (non-hydrogen) atoms. The molecule has 1 aliphatic rings. The summed E-state index contributed by atoms with van der Waals surface area (Å²) in [5.74, 6) is 0.239. The Balaban J connectivity index is 2.49. The maximum absolute atomic E-state index is 10.4. The normalized spacial score (nSPS) is 26.5. The Morgan fingerprint density at radius 2 is 2.31 bits per heavy atom. The van der Waals surface area contributed by atoms with Gasteiger partial charge in [0.2, 0.25) is 0 Å². The van der Waals surface area contributed by atoms with Crippen molar-refractivity contribution in [1.82, 2.24) is 4.98 Å². The molecule has 70 valence electrons. The second-order valence-corrected chi connectivity index (χ2v) is 4.09. The van der Waals surface area contributed by atoms with Gasteiger partial charge in [-0.2, -0.15) is 0 Å². The van der Waals surface area contributed by atoms with Crippen LogP contribution in [0.4, 0.5) is 0 Å². The van der Waals surface area contributed by atoms with Crippen molar-refractivity contribution in [3.63, 3.8) is 0 Å². The van der Waals surface area contributed by atoms with Crippen LogP contribution in [0.15, 0.2) is 18.3 Å². The lowest BCUT2D eigenvalue weighted by Gasteiger charge is -2.27. The van der Waals surface area contributed by atoms with E-state index in [0.29, 0.717) is 0 Å². The van der Waals surface area contributed by atoms with E-state index in [1.165, 1.54) is 5.56 Å². The molecule has 0 amide bonds. The number of fused-ring (bicyclic) bond motifs is 1. The Kier molecular flexibility index (Phi) is 1.88. The molecule has 1 aromatic rings. The molecule has 0 radical (unpaired) electrons. The Hall–Kier alpha value is -0.890. The van der Waals surface area contributed by atoms with Gasteiger partial charge in [0.05, 0.1) is 5.69 Å². The second kappa shape index (κ2) is 2.81. The third kappa shape index (κ3) is 1.17. The first-order chi connectivity index (χ1) is 6.14. The summed E-state index contributed by atoms with van der Waals surface area (Å²) in [6, 6.07) is 3.99. The predicted octanol–water partition coefficient (Wildman–Crippen LogP) is 1.87. The predicted molar refractivity (Wildman–Crippen MR) is 51.3 cm³/mol. The topological polar surface area (TPSA) is 33.1 Å². The van der Waals surface area contributed by atoms with Crippen molar-refractivity contribution in [3.8, 4) is 0 Å². The first-order valence-corrected chi connectivity index (χ1v) is 4.81. The van der Waals surface area contributed by atoms with Gasteiger partial charge in [-0.25, -0.2) is 0 Å². The molecule has 2 nitrogen and oxygen atoms in total. The van der Waals surface area contributed by atoms with Crippen LogP contribution in [0.5, 0.6) is 0 Å². The largest absolute Gasteiger partial charge is 0.383 e. The molecule has 0 saturated carbocycles. The van der Waals surface area contributed by atoms with E-state index in [9.17, 15) is 5.11 Å². The molecule has 1 unspecified atom stereocenters. The average Bonchev–Trinajstić information content (AvgIpc) is 2.47. The zero-order valence-corrected chi connectivity index (χ0v) is 8.12. The number of aliphatic hydroxyl groups is 1. The first kappa shape index (κ1) is 8.70. The van der Waals surface area contributed by atoms with E-state index in [-0.39, 0.29) is 5.92 Å². The summed E-state index contributed by atoms with van der Waals surface area (Å²) in [5.41, 5.74) is 1.42. The van der Waals surface area contributed by atoms with Crippen molar-refractivity contribution in [1.29, 1.82) is 0 Å². The average molecular weight is 177 g/mol. The van der Waals surface area contributed by atoms with Crippen LogP contribution in [-0.4, -0.2) is 10.1 Å². The minimum Gasteiger partial charge on any atom is -0.383 e. The summed E-state index contributed by atoms with van der Waals surface area (Å²) in [7, 11) is 0. The summed E-state index contributed by atoms with van der Waals surface area (Å²) >= 11 is 0. The van der Waals surface area contributed by atoms with Gasteiger partial charge in [-0.15, -0.1) is 0 Å². The number of rotatable bonds is 1. The van der Waals surface area contributed by atoms with Gasteiger partial charge in [-0.05, 0) is 30.4 Å². The third-order valence-electron chi connectivity index (χ3n) is 3.03. The molecule has 1 atom stereocenters. The molecule has 1 aliphatic carbocycles. The van der Waals surface area contributed by atoms with E-state index in [1.807, 2.05) is 19.9 Å². The third-order valence-corrected chi connectivity index (χ3v) is 3.03. The molecule has 0 aliphatic heterocycles. The van der Waals surface area contributed by atoms with E-state index in [4.69, 9.17) is 0 Å². The van der Waals surface area contributed by atoms with Crippen LogP contribution in [0.25, 0.3) is 0 Å². The molecule has 2 heteroatoms. The van der Waals surface area contributed by atoms with Crippen LogP contribution in [0, 0.1) is 5.92 Å². The number of pyridine rings is 1. The van der Waals surface area contributed by atoms with Gasteiger partial charge in [-0.1, -0.05) is 19.9 Å². The van der Waals surface area contributed by atoms with E-state index < -0.39 is 5.60 Å². The van der Waals surface area contributed by atoms with Crippen LogP contribution in [0.1, 0.15) is 31.5 Å². The molecule has 0 spiro atoms. The van der Waals surface area contributed by atoms with Crippen LogP contribution in [0.3, 0.4) is 0 Å². The van der Waals surface area contributed by atoms with Gasteiger partial charge in [0.15, 0.2) is 0 Å². The number of hydrogen-bond acceptors (Lipinski definition) is 2. The molecular formula is C11H15NO. The minimum absolute atomic E-state index is 0.239. The van der Waals surface area contributed by atoms with Gasteiger partial charge in [0.25, 0.3) is 0 Å². The quantitative estimate of drug-likeness (QED) is 0.710. The molecule has 1 heterocycles. The van der Waals surface area contributed by atoms with E-state index in [1.54, 1.807) is 6.20 Å². The van der Waals surface area contributed by atoms with Crippen molar-refractivity contribution in [2.45, 2.75) is 32.3 Å². The molecular weight excluding hydrogens is 162 g/mol. The fourth-order valence-electron chi connectivity index (χ4n) is 2.04. The fraction of sp³-hybridized carbons (Fsp3) is 0.545. The Labute approximate surface area is 78.6 Å². The van der Waals surface area contributed by atoms with Crippen molar-refractivity contribution in [3.05, 3.63) is 29.6 Å². The monoisotopic (exact) mass is 177 g/mol. The zero-order valence-electron chi connectivity index (χ0n) is 8.12. The molecule has 2 rings (SSSR count). The molecule has 0 fully saturated rings. The summed E-state index contributed by atoms with van der Waals surface area (Å²) in [6.07, 6.45) is 3.53.